The van der Waals surface area contributed by atoms with Gasteiger partial charge in [-0.2, -0.15) is 0 Å². The maximum Gasteiger partial charge on any atom is 0.255 e. The maximum absolute atomic E-state index is 12.0. The molecular formula is C14H18N2O3. The average Bonchev–Trinajstić information content (AvgIpc) is 3.21. The van der Waals surface area contributed by atoms with E-state index in [0.29, 0.717) is 24.0 Å². The molecule has 2 N–H and O–H groups in total. The number of para-hydroxylation sites is 1. The van der Waals surface area contributed by atoms with Gasteiger partial charge in [-0.3, -0.25) is 9.59 Å². The molecule has 0 atom stereocenters. The highest BCUT2D eigenvalue weighted by Crippen LogP contribution is 2.18. The Morgan fingerprint density at radius 2 is 2.05 bits per heavy atom. The van der Waals surface area contributed by atoms with Crippen LogP contribution in [0.2, 0.25) is 0 Å². The van der Waals surface area contributed by atoms with Crippen LogP contribution in [0, 0.1) is 0 Å². The summed E-state index contributed by atoms with van der Waals surface area (Å²) in [4.78, 5) is 23.5. The Labute approximate surface area is 112 Å². The van der Waals surface area contributed by atoms with Gasteiger partial charge in [-0.05, 0) is 31.9 Å². The van der Waals surface area contributed by atoms with Gasteiger partial charge in [-0.15, -0.1) is 0 Å². The van der Waals surface area contributed by atoms with Crippen LogP contribution in [0.1, 0.15) is 30.1 Å². The number of amides is 2. The van der Waals surface area contributed by atoms with Crippen molar-refractivity contribution < 1.29 is 14.3 Å². The first kappa shape index (κ1) is 13.4. The van der Waals surface area contributed by atoms with Gasteiger partial charge in [-0.1, -0.05) is 12.1 Å². The summed E-state index contributed by atoms with van der Waals surface area (Å²) in [5.74, 6) is 0.0878. The van der Waals surface area contributed by atoms with Crippen molar-refractivity contribution in [3.63, 3.8) is 0 Å². The molecule has 1 fully saturated rings. The average molecular weight is 262 g/mol. The third-order valence-corrected chi connectivity index (χ3v) is 2.78. The van der Waals surface area contributed by atoms with Gasteiger partial charge in [0.25, 0.3) is 5.91 Å². The molecule has 0 radical (unpaired) electrons. The molecule has 0 spiro atoms. The van der Waals surface area contributed by atoms with Crippen molar-refractivity contribution in [3.8, 4) is 5.75 Å². The van der Waals surface area contributed by atoms with Gasteiger partial charge in [0.15, 0.2) is 0 Å². The lowest BCUT2D eigenvalue weighted by molar-refractivity contribution is -0.120. The molecule has 102 valence electrons. The van der Waals surface area contributed by atoms with Crippen molar-refractivity contribution in [1.29, 1.82) is 0 Å². The summed E-state index contributed by atoms with van der Waals surface area (Å²) in [7, 11) is 0. The second-order valence-electron chi connectivity index (χ2n) is 4.45. The third-order valence-electron chi connectivity index (χ3n) is 2.78. The topological polar surface area (TPSA) is 67.4 Å². The molecule has 1 saturated carbocycles. The van der Waals surface area contributed by atoms with Crippen LogP contribution in [0.15, 0.2) is 24.3 Å². The second kappa shape index (κ2) is 6.22. The Kier molecular flexibility index (Phi) is 4.39. The molecule has 5 heteroatoms. The standard InChI is InChI=1S/C14H18N2O3/c1-2-19-12-6-4-3-5-11(12)14(18)15-9-13(17)16-10-7-8-10/h3-6,10H,2,7-9H2,1H3,(H,15,18)(H,16,17). The van der Waals surface area contributed by atoms with E-state index in [1.165, 1.54) is 0 Å². The Morgan fingerprint density at radius 1 is 1.32 bits per heavy atom. The minimum absolute atomic E-state index is 0.00417. The van der Waals surface area contributed by atoms with Gasteiger partial charge < -0.3 is 15.4 Å². The predicted molar refractivity (Wildman–Crippen MR) is 71.1 cm³/mol. The Morgan fingerprint density at radius 3 is 2.74 bits per heavy atom. The van der Waals surface area contributed by atoms with E-state index in [1.807, 2.05) is 13.0 Å². The lowest BCUT2D eigenvalue weighted by atomic mass is 10.2. The molecule has 19 heavy (non-hydrogen) atoms. The molecule has 0 unspecified atom stereocenters. The van der Waals surface area contributed by atoms with Crippen molar-refractivity contribution >= 4 is 11.8 Å². The molecule has 0 saturated heterocycles. The predicted octanol–water partition coefficient (Wildman–Crippen LogP) is 1.09. The Balaban J connectivity index is 1.89. The molecule has 2 rings (SSSR count). The fourth-order valence-electron chi connectivity index (χ4n) is 1.70. The first-order valence-corrected chi connectivity index (χ1v) is 6.50. The van der Waals surface area contributed by atoms with Crippen LogP contribution >= 0.6 is 0 Å². The highest BCUT2D eigenvalue weighted by molar-refractivity contribution is 5.98. The fraction of sp³-hybridized carbons (Fsp3) is 0.429. The molecule has 1 aromatic carbocycles. The lowest BCUT2D eigenvalue weighted by Gasteiger charge is -2.10. The summed E-state index contributed by atoms with van der Waals surface area (Å²) in [5, 5.41) is 5.42. The number of rotatable bonds is 6. The highest BCUT2D eigenvalue weighted by Gasteiger charge is 2.23. The summed E-state index contributed by atoms with van der Waals surface area (Å²) in [6, 6.07) is 7.30. The molecule has 1 aromatic rings. The lowest BCUT2D eigenvalue weighted by Crippen LogP contribution is -2.37. The van der Waals surface area contributed by atoms with Gasteiger partial charge in [0.1, 0.15) is 5.75 Å². The first-order chi connectivity index (χ1) is 9.20. The van der Waals surface area contributed by atoms with Gasteiger partial charge in [0, 0.05) is 6.04 Å². The van der Waals surface area contributed by atoms with Crippen molar-refractivity contribution in [2.45, 2.75) is 25.8 Å². The van der Waals surface area contributed by atoms with Crippen molar-refractivity contribution in [1.82, 2.24) is 10.6 Å². The van der Waals surface area contributed by atoms with E-state index in [-0.39, 0.29) is 18.4 Å². The van der Waals surface area contributed by atoms with E-state index in [2.05, 4.69) is 10.6 Å². The summed E-state index contributed by atoms with van der Waals surface area (Å²) in [6.45, 7) is 2.35. The summed E-state index contributed by atoms with van der Waals surface area (Å²) in [5.41, 5.74) is 0.448. The first-order valence-electron chi connectivity index (χ1n) is 6.50. The van der Waals surface area contributed by atoms with E-state index < -0.39 is 0 Å². The molecule has 0 bridgehead atoms. The van der Waals surface area contributed by atoms with E-state index in [1.54, 1.807) is 18.2 Å². The molecular weight excluding hydrogens is 244 g/mol. The molecule has 2 amide bonds. The summed E-state index contributed by atoms with van der Waals surface area (Å²) < 4.78 is 5.38. The minimum Gasteiger partial charge on any atom is -0.493 e. The molecule has 0 aromatic heterocycles. The van der Waals surface area contributed by atoms with E-state index in [0.717, 1.165) is 12.8 Å². The maximum atomic E-state index is 12.0. The largest absolute Gasteiger partial charge is 0.493 e. The monoisotopic (exact) mass is 262 g/mol. The molecule has 5 nitrogen and oxygen atoms in total. The van der Waals surface area contributed by atoms with Crippen molar-refractivity contribution in [2.75, 3.05) is 13.2 Å². The van der Waals surface area contributed by atoms with Crippen LogP contribution in [-0.4, -0.2) is 31.0 Å². The quantitative estimate of drug-likeness (QED) is 0.806. The van der Waals surface area contributed by atoms with Crippen LogP contribution in [0.25, 0.3) is 0 Å². The van der Waals surface area contributed by atoms with Gasteiger partial charge in [-0.25, -0.2) is 0 Å². The van der Waals surface area contributed by atoms with Crippen LogP contribution in [0.4, 0.5) is 0 Å². The van der Waals surface area contributed by atoms with Gasteiger partial charge >= 0.3 is 0 Å². The van der Waals surface area contributed by atoms with Crippen LogP contribution in [-0.2, 0) is 4.79 Å². The molecule has 1 aliphatic carbocycles. The fourth-order valence-corrected chi connectivity index (χ4v) is 1.70. The number of benzene rings is 1. The van der Waals surface area contributed by atoms with Crippen LogP contribution < -0.4 is 15.4 Å². The Hall–Kier alpha value is -2.04. The summed E-state index contributed by atoms with van der Waals surface area (Å²) in [6.07, 6.45) is 2.07. The summed E-state index contributed by atoms with van der Waals surface area (Å²) >= 11 is 0. The number of ether oxygens (including phenoxy) is 1. The van der Waals surface area contributed by atoms with Crippen molar-refractivity contribution in [2.24, 2.45) is 0 Å². The second-order valence-corrected chi connectivity index (χ2v) is 4.45. The van der Waals surface area contributed by atoms with E-state index in [4.69, 9.17) is 4.74 Å². The van der Waals surface area contributed by atoms with E-state index in [9.17, 15) is 9.59 Å². The Bertz CT molecular complexity index is 470. The number of carbonyl (C=O) groups is 2. The smallest absolute Gasteiger partial charge is 0.255 e. The molecule has 0 heterocycles. The van der Waals surface area contributed by atoms with Crippen LogP contribution in [0.5, 0.6) is 5.75 Å². The normalized spacial score (nSPS) is 13.7. The van der Waals surface area contributed by atoms with Gasteiger partial charge in [0.2, 0.25) is 5.91 Å². The number of nitrogens with one attached hydrogen (secondary N) is 2. The number of hydrogen-bond donors (Lipinski definition) is 2. The zero-order valence-electron chi connectivity index (χ0n) is 10.9. The molecule has 1 aliphatic rings. The zero-order valence-corrected chi connectivity index (χ0v) is 10.9. The number of carbonyl (C=O) groups excluding carboxylic acids is 2. The van der Waals surface area contributed by atoms with Gasteiger partial charge in [0.05, 0.1) is 18.7 Å². The SMILES string of the molecule is CCOc1ccccc1C(=O)NCC(=O)NC1CC1. The molecule has 0 aliphatic heterocycles. The van der Waals surface area contributed by atoms with Crippen LogP contribution in [0.3, 0.4) is 0 Å². The van der Waals surface area contributed by atoms with Crippen molar-refractivity contribution in [3.05, 3.63) is 29.8 Å². The zero-order chi connectivity index (χ0) is 13.7. The highest BCUT2D eigenvalue weighted by atomic mass is 16.5. The van der Waals surface area contributed by atoms with E-state index >= 15 is 0 Å². The minimum atomic E-state index is -0.296. The third kappa shape index (κ3) is 3.98. The number of hydrogen-bond acceptors (Lipinski definition) is 3.